The molecule has 0 saturated carbocycles. The molecule has 0 bridgehead atoms. The Morgan fingerprint density at radius 1 is 1.15 bits per heavy atom. The minimum Gasteiger partial charge on any atom is -0.391 e. The Balaban J connectivity index is 1.74. The Morgan fingerprint density at radius 2 is 1.85 bits per heavy atom. The van der Waals surface area contributed by atoms with Gasteiger partial charge in [-0.05, 0) is 71.9 Å². The Morgan fingerprint density at radius 3 is 2.45 bits per heavy atom. The molecule has 2 rings (SSSR count). The van der Waals surface area contributed by atoms with E-state index in [1.54, 1.807) is 0 Å². The van der Waals surface area contributed by atoms with Gasteiger partial charge in [0.15, 0.2) is 0 Å². The molecule has 2 aliphatic rings. The summed E-state index contributed by atoms with van der Waals surface area (Å²) in [5.41, 5.74) is -0.0825. The van der Waals surface area contributed by atoms with Crippen LogP contribution in [0.5, 0.6) is 0 Å². The van der Waals surface area contributed by atoms with E-state index in [9.17, 15) is 5.11 Å². The van der Waals surface area contributed by atoms with Gasteiger partial charge in [0.1, 0.15) is 0 Å². The molecule has 0 spiro atoms. The molecule has 0 amide bonds. The first-order valence-electron chi connectivity index (χ1n) is 8.65. The van der Waals surface area contributed by atoms with E-state index in [0.717, 1.165) is 39.0 Å². The minimum absolute atomic E-state index is 0.0825. The normalized spacial score (nSPS) is 27.4. The zero-order chi connectivity index (χ0) is 14.4. The lowest BCUT2D eigenvalue weighted by Gasteiger charge is -2.41. The Hall–Kier alpha value is -0.120. The standard InChI is InChI=1S/C17H33NO2/c1-17(2,18-12-5-3-4-6-13-18)16(19)11-7-9-15-10-8-14-20-15/h15-16,19H,3-14H2,1-2H3. The number of hydrogen-bond donors (Lipinski definition) is 1. The molecule has 3 heteroatoms. The number of ether oxygens (including phenoxy) is 1. The van der Waals surface area contributed by atoms with Crippen molar-refractivity contribution < 1.29 is 9.84 Å². The fourth-order valence-electron chi connectivity index (χ4n) is 3.62. The number of hydrogen-bond acceptors (Lipinski definition) is 3. The van der Waals surface area contributed by atoms with Crippen LogP contribution in [-0.2, 0) is 4.74 Å². The van der Waals surface area contributed by atoms with E-state index in [2.05, 4.69) is 18.7 Å². The van der Waals surface area contributed by atoms with Gasteiger partial charge in [-0.25, -0.2) is 0 Å². The van der Waals surface area contributed by atoms with Crippen LogP contribution in [0.1, 0.15) is 71.6 Å². The SMILES string of the molecule is CC(C)(C(O)CCCC1CCCO1)N1CCCCCC1. The van der Waals surface area contributed by atoms with Crippen LogP contribution in [0.15, 0.2) is 0 Å². The molecule has 2 fully saturated rings. The van der Waals surface area contributed by atoms with Gasteiger partial charge in [0.05, 0.1) is 12.2 Å². The molecule has 2 atom stereocenters. The van der Waals surface area contributed by atoms with Gasteiger partial charge in [0, 0.05) is 12.1 Å². The first-order valence-corrected chi connectivity index (χ1v) is 8.65. The maximum atomic E-state index is 10.6. The molecule has 0 aliphatic carbocycles. The first-order chi connectivity index (χ1) is 9.60. The molecule has 0 aromatic rings. The van der Waals surface area contributed by atoms with Crippen molar-refractivity contribution in [2.45, 2.75) is 89.4 Å². The average molecular weight is 283 g/mol. The van der Waals surface area contributed by atoms with Crippen LogP contribution in [0, 0.1) is 0 Å². The molecule has 20 heavy (non-hydrogen) atoms. The van der Waals surface area contributed by atoms with Crippen molar-refractivity contribution in [1.29, 1.82) is 0 Å². The summed E-state index contributed by atoms with van der Waals surface area (Å²) in [5, 5.41) is 10.6. The van der Waals surface area contributed by atoms with Gasteiger partial charge in [0.2, 0.25) is 0 Å². The van der Waals surface area contributed by atoms with Gasteiger partial charge in [-0.1, -0.05) is 12.8 Å². The third kappa shape index (κ3) is 4.44. The van der Waals surface area contributed by atoms with Crippen molar-refractivity contribution >= 4 is 0 Å². The fraction of sp³-hybridized carbons (Fsp3) is 1.00. The highest BCUT2D eigenvalue weighted by molar-refractivity contribution is 4.89. The van der Waals surface area contributed by atoms with Gasteiger partial charge in [0.25, 0.3) is 0 Å². The topological polar surface area (TPSA) is 32.7 Å². The zero-order valence-corrected chi connectivity index (χ0v) is 13.4. The highest BCUT2D eigenvalue weighted by Crippen LogP contribution is 2.27. The van der Waals surface area contributed by atoms with Gasteiger partial charge < -0.3 is 9.84 Å². The second-order valence-corrected chi connectivity index (χ2v) is 7.14. The predicted octanol–water partition coefficient (Wildman–Crippen LogP) is 3.35. The summed E-state index contributed by atoms with van der Waals surface area (Å²) < 4.78 is 5.66. The largest absolute Gasteiger partial charge is 0.391 e. The van der Waals surface area contributed by atoms with Crippen molar-refractivity contribution in [3.8, 4) is 0 Å². The minimum atomic E-state index is -0.220. The van der Waals surface area contributed by atoms with Crippen molar-refractivity contribution in [1.82, 2.24) is 4.90 Å². The molecule has 2 aliphatic heterocycles. The second-order valence-electron chi connectivity index (χ2n) is 7.14. The predicted molar refractivity (Wildman–Crippen MR) is 83.0 cm³/mol. The van der Waals surface area contributed by atoms with Crippen LogP contribution in [-0.4, -0.2) is 47.4 Å². The molecule has 3 nitrogen and oxygen atoms in total. The number of nitrogens with zero attached hydrogens (tertiary/aromatic N) is 1. The number of rotatable bonds is 6. The van der Waals surface area contributed by atoms with E-state index in [0.29, 0.717) is 6.10 Å². The molecular formula is C17H33NO2. The van der Waals surface area contributed by atoms with Gasteiger partial charge in [-0.2, -0.15) is 0 Å². The van der Waals surface area contributed by atoms with E-state index in [4.69, 9.17) is 4.74 Å². The smallest absolute Gasteiger partial charge is 0.0718 e. The van der Waals surface area contributed by atoms with E-state index in [1.165, 1.54) is 38.5 Å². The second kappa shape index (κ2) is 7.77. The molecule has 0 aromatic carbocycles. The summed E-state index contributed by atoms with van der Waals surface area (Å²) in [6, 6.07) is 0. The summed E-state index contributed by atoms with van der Waals surface area (Å²) in [5.74, 6) is 0. The van der Waals surface area contributed by atoms with Crippen molar-refractivity contribution in [2.75, 3.05) is 19.7 Å². The molecule has 118 valence electrons. The number of aliphatic hydroxyl groups excluding tert-OH is 1. The number of likely N-dealkylation sites (tertiary alicyclic amines) is 1. The highest BCUT2D eigenvalue weighted by Gasteiger charge is 2.34. The lowest BCUT2D eigenvalue weighted by Crippen LogP contribution is -2.52. The van der Waals surface area contributed by atoms with Crippen molar-refractivity contribution in [3.63, 3.8) is 0 Å². The van der Waals surface area contributed by atoms with Crippen molar-refractivity contribution in [2.24, 2.45) is 0 Å². The average Bonchev–Trinajstić information content (AvgIpc) is 2.78. The van der Waals surface area contributed by atoms with Gasteiger partial charge in [-0.15, -0.1) is 0 Å². The van der Waals surface area contributed by atoms with E-state index in [1.807, 2.05) is 0 Å². The van der Waals surface area contributed by atoms with E-state index >= 15 is 0 Å². The molecule has 0 radical (unpaired) electrons. The lowest BCUT2D eigenvalue weighted by molar-refractivity contribution is -0.0158. The van der Waals surface area contributed by atoms with Crippen LogP contribution in [0.4, 0.5) is 0 Å². The Labute approximate surface area is 124 Å². The molecule has 2 unspecified atom stereocenters. The fourth-order valence-corrected chi connectivity index (χ4v) is 3.62. The van der Waals surface area contributed by atoms with Gasteiger partial charge >= 0.3 is 0 Å². The molecule has 0 aromatic heterocycles. The highest BCUT2D eigenvalue weighted by atomic mass is 16.5. The van der Waals surface area contributed by atoms with Gasteiger partial charge in [-0.3, -0.25) is 4.90 Å². The number of aliphatic hydroxyl groups is 1. The summed E-state index contributed by atoms with van der Waals surface area (Å²) in [7, 11) is 0. The third-order valence-corrected chi connectivity index (χ3v) is 5.26. The van der Waals surface area contributed by atoms with Crippen LogP contribution in [0.2, 0.25) is 0 Å². The quantitative estimate of drug-likeness (QED) is 0.811. The van der Waals surface area contributed by atoms with E-state index in [-0.39, 0.29) is 11.6 Å². The summed E-state index contributed by atoms with van der Waals surface area (Å²) >= 11 is 0. The van der Waals surface area contributed by atoms with Crippen LogP contribution in [0.25, 0.3) is 0 Å². The van der Waals surface area contributed by atoms with Crippen LogP contribution in [0.3, 0.4) is 0 Å². The van der Waals surface area contributed by atoms with Crippen molar-refractivity contribution in [3.05, 3.63) is 0 Å². The maximum Gasteiger partial charge on any atom is 0.0718 e. The van der Waals surface area contributed by atoms with E-state index < -0.39 is 0 Å². The van der Waals surface area contributed by atoms with Crippen LogP contribution < -0.4 is 0 Å². The summed E-state index contributed by atoms with van der Waals surface area (Å²) in [6.45, 7) is 7.67. The zero-order valence-electron chi connectivity index (χ0n) is 13.4. The first kappa shape index (κ1) is 16.3. The summed E-state index contributed by atoms with van der Waals surface area (Å²) in [6.07, 6.45) is 11.0. The Bertz CT molecular complexity index is 266. The third-order valence-electron chi connectivity index (χ3n) is 5.26. The molecule has 2 heterocycles. The van der Waals surface area contributed by atoms with Crippen LogP contribution >= 0.6 is 0 Å². The lowest BCUT2D eigenvalue weighted by atomic mass is 9.90. The summed E-state index contributed by atoms with van der Waals surface area (Å²) in [4.78, 5) is 2.51. The maximum absolute atomic E-state index is 10.6. The molecule has 2 saturated heterocycles. The Kier molecular flexibility index (Phi) is 6.31. The molecular weight excluding hydrogens is 250 g/mol. The molecule has 1 N–H and O–H groups in total. The monoisotopic (exact) mass is 283 g/mol.